The van der Waals surface area contributed by atoms with E-state index in [-0.39, 0.29) is 25.0 Å². The van der Waals surface area contributed by atoms with Crippen molar-refractivity contribution >= 4 is 28.3 Å². The molecule has 7 nitrogen and oxygen atoms in total. The summed E-state index contributed by atoms with van der Waals surface area (Å²) in [5.41, 5.74) is 0.652. The van der Waals surface area contributed by atoms with Crippen LogP contribution in [0.4, 0.5) is 5.13 Å². The Labute approximate surface area is 154 Å². The number of aryl methyl sites for hydroxylation is 1. The highest BCUT2D eigenvalue weighted by Gasteiger charge is 2.11. The van der Waals surface area contributed by atoms with Crippen LogP contribution in [0.15, 0.2) is 52.3 Å². The van der Waals surface area contributed by atoms with Crippen molar-refractivity contribution in [2.75, 3.05) is 18.5 Å². The largest absolute Gasteiger partial charge is 0.484 e. The summed E-state index contributed by atoms with van der Waals surface area (Å²) < 4.78 is 10.8. The van der Waals surface area contributed by atoms with Crippen LogP contribution in [0.2, 0.25) is 0 Å². The highest BCUT2D eigenvalue weighted by molar-refractivity contribution is 7.14. The highest BCUT2D eigenvalue weighted by atomic mass is 32.1. The number of furan rings is 1. The molecule has 0 unspecified atom stereocenters. The van der Waals surface area contributed by atoms with Crippen molar-refractivity contribution in [3.63, 3.8) is 0 Å². The van der Waals surface area contributed by atoms with Crippen LogP contribution in [0.25, 0.3) is 11.5 Å². The third-order valence-electron chi connectivity index (χ3n) is 3.30. The molecular formula is C18H17N3O4S. The number of carbonyl (C=O) groups excluding carboxylic acids is 2. The van der Waals surface area contributed by atoms with Crippen LogP contribution >= 0.6 is 11.3 Å². The van der Waals surface area contributed by atoms with Crippen LogP contribution in [-0.2, 0) is 9.59 Å². The van der Waals surface area contributed by atoms with Crippen LogP contribution in [0, 0.1) is 6.92 Å². The number of amides is 2. The minimum Gasteiger partial charge on any atom is -0.484 e. The van der Waals surface area contributed by atoms with E-state index in [0.29, 0.717) is 22.3 Å². The maximum atomic E-state index is 11.9. The van der Waals surface area contributed by atoms with E-state index in [4.69, 9.17) is 9.15 Å². The van der Waals surface area contributed by atoms with Gasteiger partial charge in [-0.3, -0.25) is 9.59 Å². The summed E-state index contributed by atoms with van der Waals surface area (Å²) in [7, 11) is 0. The lowest BCUT2D eigenvalue weighted by atomic mass is 10.3. The van der Waals surface area contributed by atoms with Gasteiger partial charge in [-0.2, -0.15) is 0 Å². The number of nitrogens with one attached hydrogen (secondary N) is 2. The molecule has 0 spiro atoms. The summed E-state index contributed by atoms with van der Waals surface area (Å²) in [4.78, 5) is 27.9. The summed E-state index contributed by atoms with van der Waals surface area (Å²) >= 11 is 1.28. The molecule has 8 heteroatoms. The second kappa shape index (κ2) is 8.30. The first kappa shape index (κ1) is 17.7. The third kappa shape index (κ3) is 4.93. The molecule has 0 aliphatic carbocycles. The van der Waals surface area contributed by atoms with Crippen LogP contribution in [0.1, 0.15) is 5.76 Å². The van der Waals surface area contributed by atoms with Gasteiger partial charge in [0.1, 0.15) is 17.2 Å². The van der Waals surface area contributed by atoms with Gasteiger partial charge in [0.05, 0.1) is 6.54 Å². The fourth-order valence-corrected chi connectivity index (χ4v) is 2.79. The molecule has 2 N–H and O–H groups in total. The van der Waals surface area contributed by atoms with Crippen molar-refractivity contribution in [1.82, 2.24) is 10.3 Å². The number of aromatic nitrogens is 1. The number of thiazole rings is 1. The molecule has 2 heterocycles. The van der Waals surface area contributed by atoms with E-state index in [1.54, 1.807) is 17.5 Å². The number of anilines is 1. The van der Waals surface area contributed by atoms with Gasteiger partial charge >= 0.3 is 0 Å². The maximum Gasteiger partial charge on any atom is 0.258 e. The molecule has 0 saturated heterocycles. The number of hydrogen-bond acceptors (Lipinski definition) is 6. The quantitative estimate of drug-likeness (QED) is 0.666. The van der Waals surface area contributed by atoms with Crippen molar-refractivity contribution < 1.29 is 18.7 Å². The molecule has 0 aliphatic heterocycles. The first-order chi connectivity index (χ1) is 12.6. The molecule has 0 saturated carbocycles. The minimum atomic E-state index is -0.380. The Balaban J connectivity index is 1.42. The van der Waals surface area contributed by atoms with Crippen molar-refractivity contribution in [3.05, 3.63) is 53.6 Å². The SMILES string of the molecule is Cc1ccc(-c2csc(NC(=O)CNC(=O)COc3ccccc3)n2)o1. The average Bonchev–Trinajstić information content (AvgIpc) is 3.28. The number of para-hydroxylation sites is 1. The predicted molar refractivity (Wildman–Crippen MR) is 98.1 cm³/mol. The van der Waals surface area contributed by atoms with Gasteiger partial charge in [-0.1, -0.05) is 18.2 Å². The molecule has 0 atom stereocenters. The second-order valence-corrected chi connectivity index (χ2v) is 6.23. The van der Waals surface area contributed by atoms with Gasteiger partial charge in [-0.25, -0.2) is 4.98 Å². The van der Waals surface area contributed by atoms with Gasteiger partial charge in [-0.05, 0) is 31.2 Å². The van der Waals surface area contributed by atoms with E-state index >= 15 is 0 Å². The lowest BCUT2D eigenvalue weighted by Crippen LogP contribution is -2.35. The Morgan fingerprint density at radius 3 is 2.69 bits per heavy atom. The van der Waals surface area contributed by atoms with E-state index in [0.717, 1.165) is 5.76 Å². The molecule has 0 fully saturated rings. The molecule has 2 aromatic heterocycles. The van der Waals surface area contributed by atoms with Crippen LogP contribution < -0.4 is 15.4 Å². The van der Waals surface area contributed by atoms with Gasteiger partial charge in [-0.15, -0.1) is 11.3 Å². The Morgan fingerprint density at radius 1 is 1.15 bits per heavy atom. The number of nitrogens with zero attached hydrogens (tertiary/aromatic N) is 1. The molecule has 134 valence electrons. The van der Waals surface area contributed by atoms with Gasteiger partial charge in [0.25, 0.3) is 5.91 Å². The minimum absolute atomic E-state index is 0.156. The molecule has 0 bridgehead atoms. The van der Waals surface area contributed by atoms with Gasteiger partial charge < -0.3 is 19.8 Å². The van der Waals surface area contributed by atoms with Crippen molar-refractivity contribution in [1.29, 1.82) is 0 Å². The smallest absolute Gasteiger partial charge is 0.258 e. The Hall–Kier alpha value is -3.13. The summed E-state index contributed by atoms with van der Waals surface area (Å²) in [6, 6.07) is 12.7. The number of rotatable bonds is 7. The second-order valence-electron chi connectivity index (χ2n) is 5.37. The fourth-order valence-electron chi connectivity index (χ4n) is 2.08. The Morgan fingerprint density at radius 2 is 1.96 bits per heavy atom. The number of benzene rings is 1. The third-order valence-corrected chi connectivity index (χ3v) is 4.06. The van der Waals surface area contributed by atoms with E-state index in [1.165, 1.54) is 11.3 Å². The fraction of sp³-hybridized carbons (Fsp3) is 0.167. The zero-order chi connectivity index (χ0) is 18.4. The molecular weight excluding hydrogens is 354 g/mol. The summed E-state index contributed by atoms with van der Waals surface area (Å²) in [5, 5.41) is 7.37. The van der Waals surface area contributed by atoms with Crippen LogP contribution in [-0.4, -0.2) is 29.9 Å². The zero-order valence-corrected chi connectivity index (χ0v) is 14.8. The average molecular weight is 371 g/mol. The van der Waals surface area contributed by atoms with Gasteiger partial charge in [0, 0.05) is 5.38 Å². The summed E-state index contributed by atoms with van der Waals surface area (Å²) in [6.07, 6.45) is 0. The number of ether oxygens (including phenoxy) is 1. The van der Waals surface area contributed by atoms with Gasteiger partial charge in [0.15, 0.2) is 17.5 Å². The number of carbonyl (C=O) groups is 2. The predicted octanol–water partition coefficient (Wildman–Crippen LogP) is 2.85. The molecule has 2 amide bonds. The maximum absolute atomic E-state index is 11.9. The molecule has 3 rings (SSSR count). The van der Waals surface area contributed by atoms with E-state index in [2.05, 4.69) is 15.6 Å². The molecule has 1 aromatic carbocycles. The summed E-state index contributed by atoms with van der Waals surface area (Å²) in [5.74, 6) is 1.28. The molecule has 3 aromatic rings. The van der Waals surface area contributed by atoms with E-state index in [1.807, 2.05) is 37.3 Å². The molecule has 0 aliphatic rings. The standard InChI is InChI=1S/C18H17N3O4S/c1-12-7-8-15(25-12)14-11-26-18(20-14)21-16(22)9-19-17(23)10-24-13-5-3-2-4-6-13/h2-8,11H,9-10H2,1H3,(H,19,23)(H,20,21,22). The van der Waals surface area contributed by atoms with E-state index < -0.39 is 0 Å². The topological polar surface area (TPSA) is 93.5 Å². The van der Waals surface area contributed by atoms with Crippen LogP contribution in [0.5, 0.6) is 5.75 Å². The summed E-state index contributed by atoms with van der Waals surface area (Å²) in [6.45, 7) is 1.53. The molecule has 26 heavy (non-hydrogen) atoms. The Kier molecular flexibility index (Phi) is 5.65. The number of hydrogen-bond donors (Lipinski definition) is 2. The highest BCUT2D eigenvalue weighted by Crippen LogP contribution is 2.26. The lowest BCUT2D eigenvalue weighted by Gasteiger charge is -2.07. The van der Waals surface area contributed by atoms with Crippen molar-refractivity contribution in [3.8, 4) is 17.2 Å². The zero-order valence-electron chi connectivity index (χ0n) is 14.0. The Bertz CT molecular complexity index is 889. The molecule has 0 radical (unpaired) electrons. The first-order valence-corrected chi connectivity index (χ1v) is 8.75. The normalized spacial score (nSPS) is 10.3. The monoisotopic (exact) mass is 371 g/mol. The van der Waals surface area contributed by atoms with E-state index in [9.17, 15) is 9.59 Å². The van der Waals surface area contributed by atoms with Gasteiger partial charge in [0.2, 0.25) is 5.91 Å². The lowest BCUT2D eigenvalue weighted by molar-refractivity contribution is -0.125. The first-order valence-electron chi connectivity index (χ1n) is 7.87. The van der Waals surface area contributed by atoms with Crippen molar-refractivity contribution in [2.45, 2.75) is 6.92 Å². The van der Waals surface area contributed by atoms with Crippen molar-refractivity contribution in [2.24, 2.45) is 0 Å². The van der Waals surface area contributed by atoms with Crippen LogP contribution in [0.3, 0.4) is 0 Å².